The highest BCUT2D eigenvalue weighted by Crippen LogP contribution is 2.72. The molecule has 0 aromatic heterocycles. The number of nitrogens with one attached hydrogen (secondary N) is 1. The van der Waals surface area contributed by atoms with Gasteiger partial charge < -0.3 is 5.32 Å². The van der Waals surface area contributed by atoms with Gasteiger partial charge in [-0.2, -0.15) is 0 Å². The Morgan fingerprint density at radius 3 is 2.43 bits per heavy atom. The van der Waals surface area contributed by atoms with Crippen molar-refractivity contribution >= 4 is 31.9 Å². The molecule has 0 amide bonds. The summed E-state index contributed by atoms with van der Waals surface area (Å²) in [6.07, 6.45) is 4.53. The molecule has 114 valence electrons. The van der Waals surface area contributed by atoms with Gasteiger partial charge in [0.25, 0.3) is 0 Å². The van der Waals surface area contributed by atoms with Gasteiger partial charge in [0.2, 0.25) is 0 Å². The first-order chi connectivity index (χ1) is 10.1. The molecule has 21 heavy (non-hydrogen) atoms. The minimum Gasteiger partial charge on any atom is -0.310 e. The number of hydrogen-bond acceptors (Lipinski definition) is 1. The summed E-state index contributed by atoms with van der Waals surface area (Å²) < 4.78 is 2.50. The molecule has 0 heterocycles. The molecule has 4 rings (SSSR count). The molecule has 3 aliphatic rings. The third kappa shape index (κ3) is 2.26. The van der Waals surface area contributed by atoms with Crippen LogP contribution in [0.25, 0.3) is 0 Å². The van der Waals surface area contributed by atoms with Gasteiger partial charge in [0.05, 0.1) is 0 Å². The van der Waals surface area contributed by atoms with E-state index in [2.05, 4.69) is 63.2 Å². The van der Waals surface area contributed by atoms with Crippen molar-refractivity contribution in [3.63, 3.8) is 0 Å². The van der Waals surface area contributed by atoms with Crippen LogP contribution in [0.5, 0.6) is 0 Å². The smallest absolute Gasteiger partial charge is 0.0365 e. The molecule has 3 saturated carbocycles. The fraction of sp³-hybridized carbons (Fsp3) is 0.667. The zero-order valence-electron chi connectivity index (χ0n) is 12.7. The molecule has 3 aliphatic carbocycles. The molecular formula is C18H23Br2N. The van der Waals surface area contributed by atoms with Gasteiger partial charge in [-0.15, -0.1) is 0 Å². The highest BCUT2D eigenvalue weighted by atomic mass is 79.9. The second-order valence-corrected chi connectivity index (χ2v) is 8.93. The van der Waals surface area contributed by atoms with E-state index in [1.165, 1.54) is 39.3 Å². The van der Waals surface area contributed by atoms with Crippen LogP contribution in [0.2, 0.25) is 0 Å². The van der Waals surface area contributed by atoms with Gasteiger partial charge >= 0.3 is 0 Å². The third-order valence-corrected chi connectivity index (χ3v) is 7.76. The summed E-state index contributed by atoms with van der Waals surface area (Å²) in [6, 6.07) is 5.12. The van der Waals surface area contributed by atoms with E-state index in [9.17, 15) is 0 Å². The summed E-state index contributed by atoms with van der Waals surface area (Å²) >= 11 is 7.53. The van der Waals surface area contributed by atoms with E-state index >= 15 is 0 Å². The van der Waals surface area contributed by atoms with E-state index in [4.69, 9.17) is 0 Å². The number of hydrogen-bond donors (Lipinski definition) is 1. The highest BCUT2D eigenvalue weighted by molar-refractivity contribution is 9.11. The molecule has 5 unspecified atom stereocenters. The fourth-order valence-corrected chi connectivity index (χ4v) is 6.48. The van der Waals surface area contributed by atoms with E-state index in [0.717, 1.165) is 36.1 Å². The van der Waals surface area contributed by atoms with Crippen molar-refractivity contribution in [1.29, 1.82) is 0 Å². The Kier molecular flexibility index (Phi) is 3.75. The minimum absolute atomic E-state index is 0.527. The van der Waals surface area contributed by atoms with Crippen LogP contribution < -0.4 is 5.32 Å². The van der Waals surface area contributed by atoms with Crippen LogP contribution in [0.15, 0.2) is 21.1 Å². The van der Waals surface area contributed by atoms with E-state index in [0.29, 0.717) is 6.04 Å². The number of rotatable bonds is 4. The lowest BCUT2D eigenvalue weighted by atomic mass is 9.92. The summed E-state index contributed by atoms with van der Waals surface area (Å²) in [5.41, 5.74) is 2.75. The Hall–Kier alpha value is 0.140. The second-order valence-electron chi connectivity index (χ2n) is 7.22. The first kappa shape index (κ1) is 14.7. The van der Waals surface area contributed by atoms with Crippen molar-refractivity contribution in [3.05, 3.63) is 32.2 Å². The van der Waals surface area contributed by atoms with Gasteiger partial charge in [0, 0.05) is 15.0 Å². The molecule has 5 atom stereocenters. The van der Waals surface area contributed by atoms with Gasteiger partial charge in [0.15, 0.2) is 0 Å². The Labute approximate surface area is 144 Å². The molecule has 3 fully saturated rings. The maximum atomic E-state index is 3.81. The van der Waals surface area contributed by atoms with Gasteiger partial charge in [-0.25, -0.2) is 0 Å². The maximum Gasteiger partial charge on any atom is 0.0365 e. The van der Waals surface area contributed by atoms with Gasteiger partial charge in [-0.1, -0.05) is 38.8 Å². The van der Waals surface area contributed by atoms with Crippen molar-refractivity contribution in [3.8, 4) is 0 Å². The van der Waals surface area contributed by atoms with E-state index in [-0.39, 0.29) is 0 Å². The lowest BCUT2D eigenvalue weighted by Gasteiger charge is -2.24. The van der Waals surface area contributed by atoms with E-state index in [1.54, 1.807) is 0 Å². The largest absolute Gasteiger partial charge is 0.310 e. The predicted molar refractivity (Wildman–Crippen MR) is 94.3 cm³/mol. The lowest BCUT2D eigenvalue weighted by Crippen LogP contribution is -2.26. The molecule has 2 bridgehead atoms. The van der Waals surface area contributed by atoms with Crippen LogP contribution in [0, 0.1) is 36.5 Å². The van der Waals surface area contributed by atoms with E-state index < -0.39 is 0 Å². The Balaban J connectivity index is 1.66. The molecule has 0 saturated heterocycles. The Bertz CT molecular complexity index is 555. The summed E-state index contributed by atoms with van der Waals surface area (Å²) in [7, 11) is 0. The van der Waals surface area contributed by atoms with Gasteiger partial charge in [-0.3, -0.25) is 0 Å². The molecular weight excluding hydrogens is 390 g/mol. The first-order valence-electron chi connectivity index (χ1n) is 8.30. The van der Waals surface area contributed by atoms with Crippen molar-refractivity contribution in [2.24, 2.45) is 29.6 Å². The molecule has 1 aromatic rings. The molecule has 1 nitrogen and oxygen atoms in total. The zero-order valence-corrected chi connectivity index (χ0v) is 15.9. The first-order valence-corrected chi connectivity index (χ1v) is 9.89. The average molecular weight is 413 g/mol. The molecule has 1 aromatic carbocycles. The van der Waals surface area contributed by atoms with E-state index in [1.807, 2.05) is 0 Å². The zero-order chi connectivity index (χ0) is 14.7. The standard InChI is InChI=1S/C18H23Br2N/c1-3-21-18(12-8-13(19)9(2)6-14(12)20)17-15-10-4-5-11(7-10)16(15)17/h6,8,10-11,15-18,21H,3-5,7H2,1-2H3. The fourth-order valence-electron chi connectivity index (χ4n) is 5.41. The minimum atomic E-state index is 0.527. The van der Waals surface area contributed by atoms with Crippen LogP contribution >= 0.6 is 31.9 Å². The topological polar surface area (TPSA) is 12.0 Å². The molecule has 0 spiro atoms. The number of benzene rings is 1. The number of halogens is 2. The number of fused-ring (bicyclic) bond motifs is 5. The highest BCUT2D eigenvalue weighted by Gasteiger charge is 2.66. The third-order valence-electron chi connectivity index (χ3n) is 6.22. The molecule has 3 heteroatoms. The molecule has 0 aliphatic heterocycles. The molecule has 0 radical (unpaired) electrons. The quantitative estimate of drug-likeness (QED) is 0.691. The molecule has 1 N–H and O–H groups in total. The normalized spacial score (nSPS) is 37.6. The van der Waals surface area contributed by atoms with Gasteiger partial charge in [-0.05, 0) is 85.6 Å². The lowest BCUT2D eigenvalue weighted by molar-refractivity contribution is 0.374. The van der Waals surface area contributed by atoms with Crippen LogP contribution in [0.3, 0.4) is 0 Å². The van der Waals surface area contributed by atoms with Crippen molar-refractivity contribution in [1.82, 2.24) is 5.32 Å². The number of aryl methyl sites for hydroxylation is 1. The predicted octanol–water partition coefficient (Wildman–Crippen LogP) is 5.46. The van der Waals surface area contributed by atoms with Crippen LogP contribution in [-0.4, -0.2) is 6.54 Å². The van der Waals surface area contributed by atoms with Crippen molar-refractivity contribution in [2.45, 2.75) is 39.2 Å². The second kappa shape index (κ2) is 5.35. The summed E-state index contributed by atoms with van der Waals surface area (Å²) in [5.74, 6) is 4.99. The van der Waals surface area contributed by atoms with Crippen LogP contribution in [0.1, 0.15) is 43.4 Å². The Morgan fingerprint density at radius 1 is 1.14 bits per heavy atom. The summed E-state index contributed by atoms with van der Waals surface area (Å²) in [5, 5.41) is 3.80. The summed E-state index contributed by atoms with van der Waals surface area (Å²) in [6.45, 7) is 5.44. The SMILES string of the molecule is CCNC(c1cc(Br)c(C)cc1Br)C1C2C3CCC(C3)C21. The van der Waals surface area contributed by atoms with Crippen molar-refractivity contribution in [2.75, 3.05) is 6.54 Å². The van der Waals surface area contributed by atoms with Crippen molar-refractivity contribution < 1.29 is 0 Å². The average Bonchev–Trinajstić information content (AvgIpc) is 2.87. The van der Waals surface area contributed by atoms with Gasteiger partial charge in [0.1, 0.15) is 0 Å². The Morgan fingerprint density at radius 2 is 1.81 bits per heavy atom. The van der Waals surface area contributed by atoms with Crippen LogP contribution in [-0.2, 0) is 0 Å². The van der Waals surface area contributed by atoms with Crippen LogP contribution in [0.4, 0.5) is 0 Å². The summed E-state index contributed by atoms with van der Waals surface area (Å²) in [4.78, 5) is 0. The monoisotopic (exact) mass is 411 g/mol. The maximum absolute atomic E-state index is 3.81.